The number of likely N-dealkylation sites (tertiary alicyclic amines) is 1. The molecular formula is C16H20N2O3. The van der Waals surface area contributed by atoms with Gasteiger partial charge in [-0.25, -0.2) is 0 Å². The molecule has 2 aliphatic rings. The summed E-state index contributed by atoms with van der Waals surface area (Å²) in [7, 11) is 0. The van der Waals surface area contributed by atoms with E-state index in [1.807, 2.05) is 31.2 Å². The van der Waals surface area contributed by atoms with Crippen LogP contribution in [0.3, 0.4) is 0 Å². The van der Waals surface area contributed by atoms with Gasteiger partial charge in [0.25, 0.3) is 0 Å². The highest BCUT2D eigenvalue weighted by Gasteiger charge is 2.34. The van der Waals surface area contributed by atoms with Crippen molar-refractivity contribution in [2.24, 2.45) is 5.92 Å². The molecule has 0 bridgehead atoms. The molecule has 112 valence electrons. The van der Waals surface area contributed by atoms with E-state index in [0.717, 1.165) is 17.7 Å². The predicted molar refractivity (Wildman–Crippen MR) is 77.9 cm³/mol. The normalized spacial score (nSPS) is 24.4. The first-order valence-corrected chi connectivity index (χ1v) is 7.46. The van der Waals surface area contributed by atoms with Crippen LogP contribution in [-0.4, -0.2) is 42.5 Å². The highest BCUT2D eigenvalue weighted by molar-refractivity contribution is 5.89. The van der Waals surface area contributed by atoms with Crippen LogP contribution in [0.4, 0.5) is 0 Å². The highest BCUT2D eigenvalue weighted by atomic mass is 16.5. The summed E-state index contributed by atoms with van der Waals surface area (Å²) in [6.45, 7) is 3.62. The molecule has 5 nitrogen and oxygen atoms in total. The van der Waals surface area contributed by atoms with E-state index in [0.29, 0.717) is 26.1 Å². The van der Waals surface area contributed by atoms with Crippen LogP contribution in [0.1, 0.15) is 18.9 Å². The first kappa shape index (κ1) is 13.9. The lowest BCUT2D eigenvalue weighted by atomic mass is 10.0. The Morgan fingerprint density at radius 2 is 2.19 bits per heavy atom. The van der Waals surface area contributed by atoms with E-state index in [2.05, 4.69) is 5.32 Å². The van der Waals surface area contributed by atoms with Crippen LogP contribution >= 0.6 is 0 Å². The third-order valence-electron chi connectivity index (χ3n) is 4.19. The fourth-order valence-electron chi connectivity index (χ4n) is 2.99. The van der Waals surface area contributed by atoms with Crippen LogP contribution in [0.25, 0.3) is 0 Å². The second-order valence-electron chi connectivity index (χ2n) is 5.66. The Kier molecular flexibility index (Phi) is 3.82. The summed E-state index contributed by atoms with van der Waals surface area (Å²) in [4.78, 5) is 25.7. The van der Waals surface area contributed by atoms with Crippen molar-refractivity contribution in [2.75, 3.05) is 19.7 Å². The highest BCUT2D eigenvalue weighted by Crippen LogP contribution is 2.24. The molecule has 2 aliphatic heterocycles. The Labute approximate surface area is 124 Å². The monoisotopic (exact) mass is 288 g/mol. The molecule has 2 heterocycles. The number of amides is 2. The summed E-state index contributed by atoms with van der Waals surface area (Å²) in [6, 6.07) is 7.87. The van der Waals surface area contributed by atoms with E-state index < -0.39 is 0 Å². The van der Waals surface area contributed by atoms with E-state index in [9.17, 15) is 9.59 Å². The topological polar surface area (TPSA) is 58.6 Å². The maximum atomic E-state index is 12.3. The van der Waals surface area contributed by atoms with Crippen LogP contribution < -0.4 is 10.1 Å². The first-order chi connectivity index (χ1) is 10.2. The van der Waals surface area contributed by atoms with Crippen molar-refractivity contribution < 1.29 is 14.3 Å². The molecule has 0 aliphatic carbocycles. The number of carbonyl (C=O) groups is 2. The number of nitrogens with zero attached hydrogens (tertiary/aromatic N) is 1. The van der Waals surface area contributed by atoms with Gasteiger partial charge in [0.05, 0.1) is 12.0 Å². The van der Waals surface area contributed by atoms with Crippen LogP contribution in [0.15, 0.2) is 24.3 Å². The molecular weight excluding hydrogens is 268 g/mol. The van der Waals surface area contributed by atoms with E-state index in [1.165, 1.54) is 0 Å². The van der Waals surface area contributed by atoms with Gasteiger partial charge >= 0.3 is 0 Å². The minimum atomic E-state index is -0.227. The Bertz CT molecular complexity index is 558. The van der Waals surface area contributed by atoms with Crippen molar-refractivity contribution in [3.05, 3.63) is 29.8 Å². The van der Waals surface area contributed by atoms with Gasteiger partial charge in [-0.05, 0) is 25.0 Å². The van der Waals surface area contributed by atoms with Gasteiger partial charge < -0.3 is 15.0 Å². The summed E-state index contributed by atoms with van der Waals surface area (Å²) < 4.78 is 5.67. The standard InChI is InChI=1S/C16H20N2O3/c1-2-18-9-12(8-15(18)19)16(20)17-13-7-11-5-3-4-6-14(11)21-10-13/h3-6,12-13H,2,7-10H2,1H3,(H,17,20)/t12-,13+/m1/s1. The Balaban J connectivity index is 1.58. The molecule has 1 aromatic rings. The summed E-state index contributed by atoms with van der Waals surface area (Å²) in [5, 5.41) is 3.02. The number of rotatable bonds is 3. The van der Waals surface area contributed by atoms with Gasteiger partial charge in [0.2, 0.25) is 11.8 Å². The van der Waals surface area contributed by atoms with Gasteiger partial charge in [0, 0.05) is 19.5 Å². The lowest BCUT2D eigenvalue weighted by Crippen LogP contribution is -2.45. The molecule has 0 saturated carbocycles. The molecule has 5 heteroatoms. The summed E-state index contributed by atoms with van der Waals surface area (Å²) in [5.41, 5.74) is 1.12. The Hall–Kier alpha value is -2.04. The van der Waals surface area contributed by atoms with Crippen molar-refractivity contribution in [3.63, 3.8) is 0 Å². The van der Waals surface area contributed by atoms with Crippen LogP contribution in [0.5, 0.6) is 5.75 Å². The lowest BCUT2D eigenvalue weighted by Gasteiger charge is -2.27. The minimum Gasteiger partial charge on any atom is -0.491 e. The zero-order valence-corrected chi connectivity index (χ0v) is 12.2. The van der Waals surface area contributed by atoms with Crippen molar-refractivity contribution in [2.45, 2.75) is 25.8 Å². The summed E-state index contributed by atoms with van der Waals surface area (Å²) in [6.07, 6.45) is 1.10. The van der Waals surface area contributed by atoms with Gasteiger partial charge in [-0.1, -0.05) is 18.2 Å². The molecule has 2 atom stereocenters. The molecule has 0 aromatic heterocycles. The largest absolute Gasteiger partial charge is 0.491 e. The fourth-order valence-corrected chi connectivity index (χ4v) is 2.99. The smallest absolute Gasteiger partial charge is 0.225 e. The number of benzene rings is 1. The molecule has 1 aromatic carbocycles. The van der Waals surface area contributed by atoms with E-state index in [4.69, 9.17) is 4.74 Å². The number of hydrogen-bond acceptors (Lipinski definition) is 3. The molecule has 21 heavy (non-hydrogen) atoms. The molecule has 0 radical (unpaired) electrons. The number of carbonyl (C=O) groups excluding carboxylic acids is 2. The Morgan fingerprint density at radius 3 is 2.95 bits per heavy atom. The van der Waals surface area contributed by atoms with Gasteiger partial charge in [-0.2, -0.15) is 0 Å². The SMILES string of the molecule is CCN1C[C@H](C(=O)N[C@@H]2COc3ccccc3C2)CC1=O. The van der Waals surface area contributed by atoms with E-state index in [-0.39, 0.29) is 23.8 Å². The van der Waals surface area contributed by atoms with Crippen molar-refractivity contribution in [1.82, 2.24) is 10.2 Å². The number of hydrogen-bond donors (Lipinski definition) is 1. The average Bonchev–Trinajstić information content (AvgIpc) is 2.88. The molecule has 1 saturated heterocycles. The van der Waals surface area contributed by atoms with Crippen LogP contribution in [0, 0.1) is 5.92 Å². The van der Waals surface area contributed by atoms with E-state index in [1.54, 1.807) is 4.90 Å². The molecule has 1 fully saturated rings. The lowest BCUT2D eigenvalue weighted by molar-refractivity contribution is -0.129. The predicted octanol–water partition coefficient (Wildman–Crippen LogP) is 0.975. The second-order valence-corrected chi connectivity index (χ2v) is 5.66. The average molecular weight is 288 g/mol. The number of ether oxygens (including phenoxy) is 1. The third kappa shape index (κ3) is 2.86. The van der Waals surface area contributed by atoms with Crippen LogP contribution in [0.2, 0.25) is 0 Å². The zero-order valence-electron chi connectivity index (χ0n) is 12.2. The van der Waals surface area contributed by atoms with Gasteiger partial charge in [-0.15, -0.1) is 0 Å². The maximum Gasteiger partial charge on any atom is 0.225 e. The number of fused-ring (bicyclic) bond motifs is 1. The molecule has 0 unspecified atom stereocenters. The van der Waals surface area contributed by atoms with Gasteiger partial charge in [-0.3, -0.25) is 9.59 Å². The molecule has 1 N–H and O–H groups in total. The molecule has 2 amide bonds. The zero-order chi connectivity index (χ0) is 14.8. The van der Waals surface area contributed by atoms with E-state index >= 15 is 0 Å². The Morgan fingerprint density at radius 1 is 1.38 bits per heavy atom. The summed E-state index contributed by atoms with van der Waals surface area (Å²) in [5.74, 6) is 0.709. The third-order valence-corrected chi connectivity index (χ3v) is 4.19. The molecule has 3 rings (SSSR count). The first-order valence-electron chi connectivity index (χ1n) is 7.46. The van der Waals surface area contributed by atoms with Crippen LogP contribution in [-0.2, 0) is 16.0 Å². The maximum absolute atomic E-state index is 12.3. The van der Waals surface area contributed by atoms with Gasteiger partial charge in [0.15, 0.2) is 0 Å². The number of para-hydroxylation sites is 1. The minimum absolute atomic E-state index is 0.0156. The van der Waals surface area contributed by atoms with Crippen molar-refractivity contribution >= 4 is 11.8 Å². The van der Waals surface area contributed by atoms with Gasteiger partial charge in [0.1, 0.15) is 12.4 Å². The second kappa shape index (κ2) is 5.76. The number of nitrogens with one attached hydrogen (secondary N) is 1. The fraction of sp³-hybridized carbons (Fsp3) is 0.500. The van der Waals surface area contributed by atoms with Crippen molar-refractivity contribution in [3.8, 4) is 5.75 Å². The van der Waals surface area contributed by atoms with Crippen molar-refractivity contribution in [1.29, 1.82) is 0 Å². The quantitative estimate of drug-likeness (QED) is 0.902. The summed E-state index contributed by atoms with van der Waals surface area (Å²) >= 11 is 0. The molecule has 0 spiro atoms.